The lowest BCUT2D eigenvalue weighted by molar-refractivity contribution is -0.113. The Balaban J connectivity index is 1.57. The number of carbonyl (C=O) groups is 1. The third kappa shape index (κ3) is 5.36. The predicted molar refractivity (Wildman–Crippen MR) is 112 cm³/mol. The van der Waals surface area contributed by atoms with Crippen molar-refractivity contribution in [3.8, 4) is 5.75 Å². The number of ether oxygens (including phenoxy) is 1. The van der Waals surface area contributed by atoms with Gasteiger partial charge in [0.2, 0.25) is 5.91 Å². The van der Waals surface area contributed by atoms with Crippen LogP contribution in [0.4, 0.5) is 5.69 Å². The van der Waals surface area contributed by atoms with Crippen LogP contribution < -0.4 is 10.1 Å². The van der Waals surface area contributed by atoms with Gasteiger partial charge in [-0.05, 0) is 50.6 Å². The van der Waals surface area contributed by atoms with Crippen molar-refractivity contribution in [3.63, 3.8) is 0 Å². The van der Waals surface area contributed by atoms with Gasteiger partial charge in [0.15, 0.2) is 11.0 Å². The Labute approximate surface area is 169 Å². The quantitative estimate of drug-likeness (QED) is 0.577. The van der Waals surface area contributed by atoms with Crippen molar-refractivity contribution in [2.45, 2.75) is 39.1 Å². The predicted octanol–water partition coefficient (Wildman–Crippen LogP) is 4.22. The molecular formula is C21H24N4O2S. The van der Waals surface area contributed by atoms with Crippen LogP contribution in [0.2, 0.25) is 0 Å². The van der Waals surface area contributed by atoms with E-state index < -0.39 is 0 Å². The van der Waals surface area contributed by atoms with Gasteiger partial charge in [0, 0.05) is 12.2 Å². The number of nitrogens with one attached hydrogen (secondary N) is 1. The molecule has 1 amide bonds. The van der Waals surface area contributed by atoms with Gasteiger partial charge in [-0.15, -0.1) is 10.2 Å². The summed E-state index contributed by atoms with van der Waals surface area (Å²) in [5, 5.41) is 12.1. The lowest BCUT2D eigenvalue weighted by atomic mass is 10.2. The molecule has 0 aliphatic carbocycles. The molecule has 3 rings (SSSR count). The standard InChI is InChI=1S/C21H24N4O2S/c1-4-25-19(13-27-18-7-5-6-16(3)12-18)23-24-21(25)28-14-20(26)22-17-10-8-15(2)9-11-17/h5-12H,4,13-14H2,1-3H3,(H,22,26). The molecule has 1 heterocycles. The minimum absolute atomic E-state index is 0.0722. The van der Waals surface area contributed by atoms with E-state index in [1.807, 2.05) is 73.9 Å². The van der Waals surface area contributed by atoms with Gasteiger partial charge in [-0.1, -0.05) is 41.6 Å². The zero-order valence-electron chi connectivity index (χ0n) is 16.3. The average molecular weight is 397 g/mol. The van der Waals surface area contributed by atoms with E-state index in [9.17, 15) is 4.79 Å². The van der Waals surface area contributed by atoms with E-state index in [-0.39, 0.29) is 11.7 Å². The summed E-state index contributed by atoms with van der Waals surface area (Å²) >= 11 is 1.37. The van der Waals surface area contributed by atoms with Crippen molar-refractivity contribution in [1.82, 2.24) is 14.8 Å². The van der Waals surface area contributed by atoms with Crippen LogP contribution in [-0.4, -0.2) is 26.4 Å². The van der Waals surface area contributed by atoms with Crippen LogP contribution in [-0.2, 0) is 17.9 Å². The maximum Gasteiger partial charge on any atom is 0.234 e. The molecule has 0 saturated heterocycles. The summed E-state index contributed by atoms with van der Waals surface area (Å²) in [5.41, 5.74) is 3.09. The molecule has 1 aromatic heterocycles. The van der Waals surface area contributed by atoms with Crippen molar-refractivity contribution in [1.29, 1.82) is 0 Å². The Morgan fingerprint density at radius 3 is 2.61 bits per heavy atom. The van der Waals surface area contributed by atoms with Crippen LogP contribution in [0.3, 0.4) is 0 Å². The molecule has 0 spiro atoms. The van der Waals surface area contributed by atoms with Gasteiger partial charge in [0.05, 0.1) is 5.75 Å². The van der Waals surface area contributed by atoms with Crippen LogP contribution in [0.15, 0.2) is 53.7 Å². The fraction of sp³-hybridized carbons (Fsp3) is 0.286. The molecule has 0 unspecified atom stereocenters. The first-order valence-electron chi connectivity index (χ1n) is 9.16. The molecule has 0 radical (unpaired) electrons. The first kappa shape index (κ1) is 19.9. The number of aryl methyl sites for hydroxylation is 2. The van der Waals surface area contributed by atoms with Crippen LogP contribution >= 0.6 is 11.8 Å². The van der Waals surface area contributed by atoms with Crippen LogP contribution in [0.1, 0.15) is 23.9 Å². The minimum Gasteiger partial charge on any atom is -0.486 e. The summed E-state index contributed by atoms with van der Waals surface area (Å²) < 4.78 is 7.80. The Morgan fingerprint density at radius 2 is 1.89 bits per heavy atom. The highest BCUT2D eigenvalue weighted by Gasteiger charge is 2.14. The highest BCUT2D eigenvalue weighted by Crippen LogP contribution is 2.20. The van der Waals surface area contributed by atoms with Crippen molar-refractivity contribution in [2.75, 3.05) is 11.1 Å². The Kier molecular flexibility index (Phi) is 6.71. The zero-order valence-corrected chi connectivity index (χ0v) is 17.1. The third-order valence-electron chi connectivity index (χ3n) is 4.13. The van der Waals surface area contributed by atoms with E-state index in [0.29, 0.717) is 18.3 Å². The van der Waals surface area contributed by atoms with E-state index in [0.717, 1.165) is 28.4 Å². The first-order chi connectivity index (χ1) is 13.5. The van der Waals surface area contributed by atoms with E-state index in [2.05, 4.69) is 15.5 Å². The molecule has 2 aromatic carbocycles. The Bertz CT molecular complexity index is 938. The summed E-state index contributed by atoms with van der Waals surface area (Å²) in [5.74, 6) is 1.74. The molecular weight excluding hydrogens is 372 g/mol. The number of amides is 1. The number of carbonyl (C=O) groups excluding carboxylic acids is 1. The summed E-state index contributed by atoms with van der Waals surface area (Å²) in [6, 6.07) is 15.6. The van der Waals surface area contributed by atoms with E-state index in [1.54, 1.807) is 0 Å². The number of rotatable bonds is 8. The molecule has 0 aliphatic heterocycles. The van der Waals surface area contributed by atoms with Gasteiger partial charge in [0.1, 0.15) is 12.4 Å². The highest BCUT2D eigenvalue weighted by molar-refractivity contribution is 7.99. The summed E-state index contributed by atoms with van der Waals surface area (Å²) in [7, 11) is 0. The minimum atomic E-state index is -0.0722. The van der Waals surface area contributed by atoms with Crippen molar-refractivity contribution < 1.29 is 9.53 Å². The smallest absolute Gasteiger partial charge is 0.234 e. The van der Waals surface area contributed by atoms with Crippen LogP contribution in [0.25, 0.3) is 0 Å². The van der Waals surface area contributed by atoms with Gasteiger partial charge in [-0.2, -0.15) is 0 Å². The van der Waals surface area contributed by atoms with E-state index >= 15 is 0 Å². The Morgan fingerprint density at radius 1 is 1.11 bits per heavy atom. The van der Waals surface area contributed by atoms with Crippen LogP contribution in [0.5, 0.6) is 5.75 Å². The molecule has 0 saturated carbocycles. The summed E-state index contributed by atoms with van der Waals surface area (Å²) in [6.45, 7) is 7.11. The van der Waals surface area contributed by atoms with Crippen LogP contribution in [0, 0.1) is 13.8 Å². The maximum atomic E-state index is 12.2. The second-order valence-electron chi connectivity index (χ2n) is 6.45. The van der Waals surface area contributed by atoms with Crippen molar-refractivity contribution in [3.05, 3.63) is 65.5 Å². The maximum absolute atomic E-state index is 12.2. The molecule has 0 fully saturated rings. The summed E-state index contributed by atoms with van der Waals surface area (Å²) in [6.07, 6.45) is 0. The number of anilines is 1. The summed E-state index contributed by atoms with van der Waals surface area (Å²) in [4.78, 5) is 12.2. The highest BCUT2D eigenvalue weighted by atomic mass is 32.2. The molecule has 1 N–H and O–H groups in total. The largest absolute Gasteiger partial charge is 0.486 e. The normalized spacial score (nSPS) is 10.7. The molecule has 0 atom stereocenters. The Hall–Kier alpha value is -2.80. The van der Waals surface area contributed by atoms with Gasteiger partial charge in [0.25, 0.3) is 0 Å². The molecule has 146 valence electrons. The first-order valence-corrected chi connectivity index (χ1v) is 10.1. The SMILES string of the molecule is CCn1c(COc2cccc(C)c2)nnc1SCC(=O)Nc1ccc(C)cc1. The van der Waals surface area contributed by atoms with Crippen molar-refractivity contribution in [2.24, 2.45) is 0 Å². The fourth-order valence-electron chi connectivity index (χ4n) is 2.67. The molecule has 28 heavy (non-hydrogen) atoms. The number of hydrogen-bond acceptors (Lipinski definition) is 5. The van der Waals surface area contributed by atoms with Gasteiger partial charge < -0.3 is 14.6 Å². The number of hydrogen-bond donors (Lipinski definition) is 1. The van der Waals surface area contributed by atoms with Gasteiger partial charge >= 0.3 is 0 Å². The second-order valence-corrected chi connectivity index (χ2v) is 7.39. The molecule has 6 nitrogen and oxygen atoms in total. The average Bonchev–Trinajstić information content (AvgIpc) is 3.08. The monoisotopic (exact) mass is 396 g/mol. The van der Waals surface area contributed by atoms with E-state index in [4.69, 9.17) is 4.74 Å². The zero-order chi connectivity index (χ0) is 19.9. The van der Waals surface area contributed by atoms with Crippen molar-refractivity contribution >= 4 is 23.4 Å². The molecule has 0 aliphatic rings. The number of nitrogens with zero attached hydrogens (tertiary/aromatic N) is 3. The second kappa shape index (κ2) is 9.41. The fourth-order valence-corrected chi connectivity index (χ4v) is 3.49. The number of benzene rings is 2. The molecule has 7 heteroatoms. The van der Waals surface area contributed by atoms with E-state index in [1.165, 1.54) is 11.8 Å². The molecule has 3 aromatic rings. The lowest BCUT2D eigenvalue weighted by Crippen LogP contribution is -2.15. The topological polar surface area (TPSA) is 69.0 Å². The van der Waals surface area contributed by atoms with Gasteiger partial charge in [-0.3, -0.25) is 4.79 Å². The third-order valence-corrected chi connectivity index (χ3v) is 5.10. The number of aromatic nitrogens is 3. The van der Waals surface area contributed by atoms with Gasteiger partial charge in [-0.25, -0.2) is 0 Å². The lowest BCUT2D eigenvalue weighted by Gasteiger charge is -2.09. The molecule has 0 bridgehead atoms. The number of thioether (sulfide) groups is 1.